The van der Waals surface area contributed by atoms with Crippen LogP contribution in [0.25, 0.3) is 30.6 Å². The maximum Gasteiger partial charge on any atom is 2.00 e. The first-order valence-electron chi connectivity index (χ1n) is 33.8. The predicted octanol–water partition coefficient (Wildman–Crippen LogP) is 2.67. The molecule has 0 aromatic rings. The molecule has 0 bridgehead atoms. The Balaban J connectivity index is -0.000000816. The number of carbonyl (C=O) groups excluding carboxylic acids is 8. The second-order valence-corrected chi connectivity index (χ2v) is 21.6. The standard InChI is InChI=1S/C34H60N6O13.C16H28N2O7.C15H25N5O6.Ni/c1-25(33(43)52-22-20-50-18-17-49-15-14-47-11-10-45-7)24-31(41)28(4)37-26(2)27(3)38-29(5)32(42)39-30(6)34(44)53-23-21-51-19-16-48-13-12-46-9-8-36-40-35;1-13(17-3)15(19)18-14(2)16(20)25-12-11-24-10-9-23-8-7-22-6-5-21-4;1-12(17-3)14(21)19-13(2)15(22)26-11-10-25-9-8-24-7-6-23-5-4-18-20-16;/h25,28-30H,8-24H2,1-7H3,(H,39,42);13-14H,5-12H2,1-2,4H3,(H,18,19);12-13H,4-11H2,1-2H3,(H,19,21);/q;;;+2/t25-,28-,29-,30+;13-,14+;12-,13+;/m111./s1. The van der Waals surface area contributed by atoms with Gasteiger partial charge in [-0.05, 0) is 59.5 Å². The van der Waals surface area contributed by atoms with Gasteiger partial charge in [0.1, 0.15) is 56.6 Å². The van der Waals surface area contributed by atoms with Crippen molar-refractivity contribution >= 4 is 58.8 Å². The summed E-state index contributed by atoms with van der Waals surface area (Å²) in [5, 5.41) is 14.1. The third-order valence-corrected chi connectivity index (χ3v) is 12.9. The number of nitrogens with zero attached hydrogens (tertiary/aromatic N) is 10. The molecule has 0 aromatic carbocycles. The predicted molar refractivity (Wildman–Crippen MR) is 374 cm³/mol. The van der Waals surface area contributed by atoms with Crippen LogP contribution in [0.3, 0.4) is 0 Å². The van der Waals surface area contributed by atoms with E-state index in [1.54, 1.807) is 48.8 Å². The molecule has 3 amide bonds. The fourth-order valence-electron chi connectivity index (χ4n) is 6.82. The van der Waals surface area contributed by atoms with E-state index in [1.807, 2.05) is 0 Å². The van der Waals surface area contributed by atoms with Crippen molar-refractivity contribution in [2.45, 2.75) is 118 Å². The van der Waals surface area contributed by atoms with Gasteiger partial charge in [0.05, 0.1) is 189 Å². The molecule has 0 saturated carbocycles. The average molecular weight is 1550 g/mol. The van der Waals surface area contributed by atoms with Gasteiger partial charge in [0.15, 0.2) is 5.78 Å². The van der Waals surface area contributed by atoms with Crippen LogP contribution in [0.4, 0.5) is 0 Å². The Bertz CT molecular complexity index is 2580. The van der Waals surface area contributed by atoms with Crippen LogP contribution in [0.5, 0.6) is 0 Å². The Morgan fingerprint density at radius 1 is 0.352 bits per heavy atom. The molecule has 0 aliphatic heterocycles. The minimum Gasteiger partial charge on any atom is -0.463 e. The molecule has 0 heterocycles. The number of ether oxygens (including phenoxy) is 18. The largest absolute Gasteiger partial charge is 2.00 e. The molecule has 3 N–H and O–H groups in total. The maximum absolute atomic E-state index is 12.8. The van der Waals surface area contributed by atoms with Gasteiger partial charge < -0.3 is 111 Å². The van der Waals surface area contributed by atoms with Gasteiger partial charge in [0.2, 0.25) is 5.91 Å². The summed E-state index contributed by atoms with van der Waals surface area (Å²) in [4.78, 5) is 116. The molecule has 0 radical (unpaired) electrons. The molecular formula is C65H113N13NiO26+2. The van der Waals surface area contributed by atoms with Crippen molar-refractivity contribution in [1.82, 2.24) is 16.0 Å². The van der Waals surface area contributed by atoms with Crippen molar-refractivity contribution in [3.05, 3.63) is 43.7 Å². The minimum atomic E-state index is -0.918. The summed E-state index contributed by atoms with van der Waals surface area (Å²) < 4.78 is 93.4. The molecule has 0 spiro atoms. The number of amides is 3. The number of aliphatic imine (C=N–C) groups is 2. The number of nitrogens with one attached hydrogen (secondary N) is 3. The smallest absolute Gasteiger partial charge is 0.463 e. The van der Waals surface area contributed by atoms with Gasteiger partial charge in [0.25, 0.3) is 12.1 Å². The maximum atomic E-state index is 12.8. The van der Waals surface area contributed by atoms with Crippen LogP contribution in [0.15, 0.2) is 20.2 Å². The molecule has 0 aliphatic rings. The van der Waals surface area contributed by atoms with Gasteiger partial charge in [-0.3, -0.25) is 34.0 Å². The number of hydrogen-bond acceptors (Lipinski definition) is 30. The Morgan fingerprint density at radius 3 is 0.857 bits per heavy atom. The van der Waals surface area contributed by atoms with E-state index in [0.717, 1.165) is 0 Å². The fraction of sp³-hybridized carbons (Fsp3) is 0.815. The van der Waals surface area contributed by atoms with Crippen LogP contribution in [0.1, 0.15) is 75.7 Å². The van der Waals surface area contributed by atoms with E-state index < -0.39 is 89.8 Å². The first kappa shape index (κ1) is 104. The van der Waals surface area contributed by atoms with E-state index in [-0.39, 0.29) is 88.1 Å². The summed E-state index contributed by atoms with van der Waals surface area (Å²) in [5.74, 6) is -4.72. The monoisotopic (exact) mass is 1550 g/mol. The zero-order valence-corrected chi connectivity index (χ0v) is 63.8. The summed E-state index contributed by atoms with van der Waals surface area (Å²) in [6.45, 7) is 39.7. The van der Waals surface area contributed by atoms with Crippen LogP contribution in [0, 0.1) is 19.1 Å². The molecule has 0 fully saturated rings. The molecule has 602 valence electrons. The summed E-state index contributed by atoms with van der Waals surface area (Å²) in [6, 6.07) is -5.82. The summed E-state index contributed by atoms with van der Waals surface area (Å²) in [7, 11) is 3.22. The molecular weight excluding hydrogens is 1440 g/mol. The van der Waals surface area contributed by atoms with Crippen LogP contribution in [-0.2, 0) is 140 Å². The number of carbonyl (C=O) groups is 8. The van der Waals surface area contributed by atoms with Gasteiger partial charge >= 0.3 is 52.2 Å². The molecule has 0 rings (SSSR count). The normalized spacial score (nSPS) is 13.2. The van der Waals surface area contributed by atoms with Crippen molar-refractivity contribution in [3.63, 3.8) is 0 Å². The van der Waals surface area contributed by atoms with E-state index in [1.165, 1.54) is 34.6 Å². The van der Waals surface area contributed by atoms with E-state index >= 15 is 0 Å². The molecule has 105 heavy (non-hydrogen) atoms. The van der Waals surface area contributed by atoms with Gasteiger partial charge in [-0.15, -0.1) is 0 Å². The summed E-state index contributed by atoms with van der Waals surface area (Å²) in [5.41, 5.74) is 17.1. The number of esters is 4. The Morgan fingerprint density at radius 2 is 0.590 bits per heavy atom. The van der Waals surface area contributed by atoms with Crippen LogP contribution in [0.2, 0.25) is 0 Å². The number of azide groups is 2. The molecule has 0 aromatic heterocycles. The van der Waals surface area contributed by atoms with Gasteiger partial charge in [0, 0.05) is 57.4 Å². The topological polar surface area (TPSA) is 470 Å². The van der Waals surface area contributed by atoms with Crippen molar-refractivity contribution in [2.24, 2.45) is 26.1 Å². The average Bonchev–Trinajstić information content (AvgIpc) is 0.895. The number of rotatable bonds is 64. The zero-order valence-electron chi connectivity index (χ0n) is 62.9. The first-order chi connectivity index (χ1) is 50.0. The Hall–Kier alpha value is -7.17. The van der Waals surface area contributed by atoms with Gasteiger partial charge in [-0.25, -0.2) is 27.5 Å². The summed E-state index contributed by atoms with van der Waals surface area (Å²) >= 11 is 0. The molecule has 8 atom stereocenters. The van der Waals surface area contributed by atoms with Crippen molar-refractivity contribution in [3.8, 4) is 0 Å². The Labute approximate surface area is 625 Å². The first-order valence-corrected chi connectivity index (χ1v) is 33.8. The molecule has 39 nitrogen and oxygen atoms in total. The van der Waals surface area contributed by atoms with Crippen LogP contribution < -0.4 is 16.0 Å². The van der Waals surface area contributed by atoms with E-state index in [9.17, 15) is 38.4 Å². The third-order valence-electron chi connectivity index (χ3n) is 12.9. The van der Waals surface area contributed by atoms with Crippen molar-refractivity contribution in [1.29, 1.82) is 0 Å². The SMILES string of the molecule is COCCOCCOCCOCCOC(=O)[C@H](C)CC(=O)[C@@H](C)N=C(C)C(C)=N[C@H](C)C(=O)N[C@@H](C)C(=O)OCCOCCOCCOCCN=[N+]=[N-].[C-]#[N+][C@H](C)C(=O)N[C@@H](C)C(=O)OCCOCCOCCOCCN=[N+]=[N-].[C-]#[N+][C@H](C)C(=O)N[C@@H](C)C(=O)OCCOCCOCCOCCOC.[Ni+2]. The third kappa shape index (κ3) is 66.0. The number of ketones is 1. The van der Waals surface area contributed by atoms with Crippen molar-refractivity contribution < 1.29 is 140 Å². The van der Waals surface area contributed by atoms with E-state index in [4.69, 9.17) is 109 Å². The van der Waals surface area contributed by atoms with Crippen LogP contribution in [-0.4, -0.2) is 327 Å². The summed E-state index contributed by atoms with van der Waals surface area (Å²) in [6.07, 6.45) is -0.0551. The second kappa shape index (κ2) is 75.1. The zero-order chi connectivity index (χ0) is 78.2. The van der Waals surface area contributed by atoms with Gasteiger partial charge in [-0.2, -0.15) is 0 Å². The molecule has 40 heteroatoms. The van der Waals surface area contributed by atoms with E-state index in [0.29, 0.717) is 163 Å². The Kier molecular flexibility index (Phi) is 74.5. The molecule has 0 aliphatic carbocycles. The second-order valence-electron chi connectivity index (χ2n) is 21.6. The molecule has 0 unspecified atom stereocenters. The quantitative estimate of drug-likeness (QED) is 0.00906. The van der Waals surface area contributed by atoms with Crippen molar-refractivity contribution in [2.75, 3.05) is 226 Å². The fourth-order valence-corrected chi connectivity index (χ4v) is 6.82. The molecule has 0 saturated heterocycles. The number of hydrogen-bond donors (Lipinski definition) is 3. The number of methoxy groups -OCH3 is 2. The minimum absolute atomic E-state index is 0. The number of Topliss-reactive ketones (excluding diaryl/α,β-unsaturated/α-hetero) is 1. The van der Waals surface area contributed by atoms with Crippen LogP contribution >= 0.6 is 0 Å². The van der Waals surface area contributed by atoms with Gasteiger partial charge in [-0.1, -0.05) is 17.2 Å². The van der Waals surface area contributed by atoms with E-state index in [2.05, 4.69) is 55.7 Å².